The molecule has 4 rings (SSSR count). The Kier molecular flexibility index (Phi) is 6.86. The Morgan fingerprint density at radius 2 is 1.81 bits per heavy atom. The third-order valence-corrected chi connectivity index (χ3v) is 6.34. The van der Waals surface area contributed by atoms with Crippen LogP contribution in [0.2, 0.25) is 0 Å². The minimum Gasteiger partial charge on any atom is -0.393 e. The quantitative estimate of drug-likeness (QED) is 0.726. The molecule has 0 aliphatic carbocycles. The summed E-state index contributed by atoms with van der Waals surface area (Å²) >= 11 is 0. The second-order valence-electron chi connectivity index (χ2n) is 8.90. The average Bonchev–Trinajstić information content (AvgIpc) is 3.16. The van der Waals surface area contributed by atoms with Crippen molar-refractivity contribution in [3.8, 4) is 0 Å². The molecule has 2 heterocycles. The van der Waals surface area contributed by atoms with Gasteiger partial charge in [0.1, 0.15) is 5.82 Å². The summed E-state index contributed by atoms with van der Waals surface area (Å²) in [6.07, 6.45) is 1.56. The molecule has 2 aliphatic heterocycles. The molecule has 1 unspecified atom stereocenters. The topological polar surface area (TPSA) is 72.9 Å². The van der Waals surface area contributed by atoms with Crippen molar-refractivity contribution in [3.05, 3.63) is 65.0 Å². The summed E-state index contributed by atoms with van der Waals surface area (Å²) < 4.78 is 14.3. The number of amides is 2. The Morgan fingerprint density at radius 3 is 2.50 bits per heavy atom. The molecule has 170 valence electrons. The van der Waals surface area contributed by atoms with Gasteiger partial charge in [-0.3, -0.25) is 14.5 Å². The number of hydrogen-bond acceptors (Lipinski definition) is 4. The van der Waals surface area contributed by atoms with Crippen molar-refractivity contribution in [3.63, 3.8) is 0 Å². The van der Waals surface area contributed by atoms with Crippen molar-refractivity contribution >= 4 is 17.5 Å². The first kappa shape index (κ1) is 22.4. The van der Waals surface area contributed by atoms with Crippen LogP contribution >= 0.6 is 0 Å². The van der Waals surface area contributed by atoms with Gasteiger partial charge < -0.3 is 15.3 Å². The number of aliphatic hydroxyl groups is 1. The first-order chi connectivity index (χ1) is 15.4. The van der Waals surface area contributed by atoms with E-state index in [0.717, 1.165) is 43.6 Å². The van der Waals surface area contributed by atoms with Crippen LogP contribution in [0.25, 0.3) is 0 Å². The van der Waals surface area contributed by atoms with E-state index in [1.807, 2.05) is 12.1 Å². The number of hydrogen-bond donors (Lipinski definition) is 2. The molecule has 2 aliphatic rings. The second-order valence-corrected chi connectivity index (χ2v) is 8.90. The summed E-state index contributed by atoms with van der Waals surface area (Å²) in [7, 11) is 0. The van der Waals surface area contributed by atoms with E-state index in [4.69, 9.17) is 0 Å². The first-order valence-electron chi connectivity index (χ1n) is 11.2. The van der Waals surface area contributed by atoms with Crippen LogP contribution in [0, 0.1) is 18.7 Å². The maximum Gasteiger partial charge on any atom is 0.227 e. The smallest absolute Gasteiger partial charge is 0.227 e. The Labute approximate surface area is 188 Å². The van der Waals surface area contributed by atoms with Crippen LogP contribution in [0.1, 0.15) is 36.0 Å². The molecule has 1 atom stereocenters. The van der Waals surface area contributed by atoms with Gasteiger partial charge in [-0.05, 0) is 48.6 Å². The highest BCUT2D eigenvalue weighted by Crippen LogP contribution is 2.28. The molecule has 2 saturated heterocycles. The van der Waals surface area contributed by atoms with Crippen LogP contribution in [0.5, 0.6) is 0 Å². The summed E-state index contributed by atoms with van der Waals surface area (Å²) in [6.45, 7) is 5.03. The predicted molar refractivity (Wildman–Crippen MR) is 120 cm³/mol. The van der Waals surface area contributed by atoms with Crippen LogP contribution in [0.4, 0.5) is 10.1 Å². The maximum atomic E-state index is 14.3. The van der Waals surface area contributed by atoms with E-state index in [1.165, 1.54) is 16.5 Å². The van der Waals surface area contributed by atoms with Crippen LogP contribution in [0.15, 0.2) is 42.5 Å². The van der Waals surface area contributed by atoms with Gasteiger partial charge in [0, 0.05) is 39.1 Å². The largest absolute Gasteiger partial charge is 0.393 e. The Hall–Kier alpha value is -2.77. The number of aliphatic hydroxyl groups excluding tert-OH is 1. The van der Waals surface area contributed by atoms with E-state index in [-0.39, 0.29) is 36.6 Å². The van der Waals surface area contributed by atoms with Gasteiger partial charge in [-0.1, -0.05) is 30.3 Å². The lowest BCUT2D eigenvalue weighted by Crippen LogP contribution is -2.35. The highest BCUT2D eigenvalue weighted by molar-refractivity contribution is 6.00. The Bertz CT molecular complexity index is 971. The fourth-order valence-corrected chi connectivity index (χ4v) is 4.38. The molecule has 6 nitrogen and oxygen atoms in total. The number of carbonyl (C=O) groups excluding carboxylic acids is 2. The van der Waals surface area contributed by atoms with E-state index in [9.17, 15) is 19.1 Å². The first-order valence-corrected chi connectivity index (χ1v) is 11.2. The molecule has 2 aromatic rings. The van der Waals surface area contributed by atoms with Crippen LogP contribution in [0.3, 0.4) is 0 Å². The number of nitrogens with zero attached hydrogens (tertiary/aromatic N) is 2. The SMILES string of the molecule is Cc1ccc(N2CC(C(=O)NCc3ccc(CN4CCC(O)CC4)cc3)CC2=O)c(F)c1. The van der Waals surface area contributed by atoms with Gasteiger partial charge in [-0.15, -0.1) is 0 Å². The van der Waals surface area contributed by atoms with Crippen LogP contribution < -0.4 is 10.2 Å². The summed E-state index contributed by atoms with van der Waals surface area (Å²) in [5.41, 5.74) is 3.21. The lowest BCUT2D eigenvalue weighted by molar-refractivity contribution is -0.126. The predicted octanol–water partition coefficient (Wildman–Crippen LogP) is 2.76. The van der Waals surface area contributed by atoms with Gasteiger partial charge in [-0.2, -0.15) is 0 Å². The van der Waals surface area contributed by atoms with Gasteiger partial charge >= 0.3 is 0 Å². The lowest BCUT2D eigenvalue weighted by atomic mass is 10.1. The number of likely N-dealkylation sites (tertiary alicyclic amines) is 1. The third-order valence-electron chi connectivity index (χ3n) is 6.34. The molecule has 32 heavy (non-hydrogen) atoms. The molecule has 7 heteroatoms. The van der Waals surface area contributed by atoms with Crippen molar-refractivity contribution < 1.29 is 19.1 Å². The normalized spacial score (nSPS) is 20.0. The van der Waals surface area contributed by atoms with Crippen molar-refractivity contribution in [2.24, 2.45) is 5.92 Å². The van der Waals surface area contributed by atoms with E-state index >= 15 is 0 Å². The second kappa shape index (κ2) is 9.79. The molecule has 0 bridgehead atoms. The van der Waals surface area contributed by atoms with Crippen LogP contribution in [-0.4, -0.2) is 47.6 Å². The summed E-state index contributed by atoms with van der Waals surface area (Å²) in [4.78, 5) is 28.7. The maximum absolute atomic E-state index is 14.3. The summed E-state index contributed by atoms with van der Waals surface area (Å²) in [5, 5.41) is 12.5. The van der Waals surface area contributed by atoms with Crippen molar-refractivity contribution in [1.29, 1.82) is 0 Å². The third kappa shape index (κ3) is 5.34. The van der Waals surface area contributed by atoms with E-state index < -0.39 is 11.7 Å². The Balaban J connectivity index is 1.28. The molecular formula is C25H30FN3O3. The molecule has 0 saturated carbocycles. The Morgan fingerprint density at radius 1 is 1.12 bits per heavy atom. The molecule has 2 amide bonds. The fraction of sp³-hybridized carbons (Fsp3) is 0.440. The number of carbonyl (C=O) groups is 2. The van der Waals surface area contributed by atoms with Crippen molar-refractivity contribution in [2.75, 3.05) is 24.5 Å². The highest BCUT2D eigenvalue weighted by Gasteiger charge is 2.36. The molecule has 2 N–H and O–H groups in total. The number of benzene rings is 2. The standard InChI is InChI=1S/C25H30FN3O3/c1-17-2-7-23(22(26)12-17)29-16-20(13-24(29)31)25(32)27-14-18-3-5-19(6-4-18)15-28-10-8-21(30)9-11-28/h2-7,12,20-21,30H,8-11,13-16H2,1H3,(H,27,32). The van der Waals surface area contributed by atoms with Crippen molar-refractivity contribution in [1.82, 2.24) is 10.2 Å². The summed E-state index contributed by atoms with van der Waals surface area (Å²) in [5.74, 6) is -1.36. The molecular weight excluding hydrogens is 409 g/mol. The van der Waals surface area contributed by atoms with Gasteiger partial charge in [0.05, 0.1) is 17.7 Å². The van der Waals surface area contributed by atoms with E-state index in [2.05, 4.69) is 22.3 Å². The lowest BCUT2D eigenvalue weighted by Gasteiger charge is -2.29. The average molecular weight is 440 g/mol. The molecule has 0 spiro atoms. The molecule has 0 radical (unpaired) electrons. The molecule has 2 aromatic carbocycles. The minimum atomic E-state index is -0.489. The number of piperidine rings is 1. The van der Waals surface area contributed by atoms with E-state index in [0.29, 0.717) is 6.54 Å². The fourth-order valence-electron chi connectivity index (χ4n) is 4.38. The number of aryl methyl sites for hydroxylation is 1. The molecule has 0 aromatic heterocycles. The number of rotatable bonds is 6. The zero-order chi connectivity index (χ0) is 22.7. The zero-order valence-electron chi connectivity index (χ0n) is 18.4. The monoisotopic (exact) mass is 439 g/mol. The zero-order valence-corrected chi connectivity index (χ0v) is 18.4. The highest BCUT2D eigenvalue weighted by atomic mass is 19.1. The van der Waals surface area contributed by atoms with Gasteiger partial charge in [-0.25, -0.2) is 4.39 Å². The number of halogens is 1. The van der Waals surface area contributed by atoms with Gasteiger partial charge in [0.15, 0.2) is 0 Å². The van der Waals surface area contributed by atoms with Crippen LogP contribution in [-0.2, 0) is 22.7 Å². The van der Waals surface area contributed by atoms with Gasteiger partial charge in [0.25, 0.3) is 0 Å². The minimum absolute atomic E-state index is 0.0859. The van der Waals surface area contributed by atoms with Gasteiger partial charge in [0.2, 0.25) is 11.8 Å². The number of nitrogens with one attached hydrogen (secondary N) is 1. The summed E-state index contributed by atoms with van der Waals surface area (Å²) in [6, 6.07) is 12.9. The van der Waals surface area contributed by atoms with Crippen molar-refractivity contribution in [2.45, 2.75) is 45.4 Å². The van der Waals surface area contributed by atoms with E-state index in [1.54, 1.807) is 19.1 Å². The molecule has 2 fully saturated rings. The number of anilines is 1.